The summed E-state index contributed by atoms with van der Waals surface area (Å²) in [7, 11) is 2.08. The molecule has 2 rings (SSSR count). The van der Waals surface area contributed by atoms with Gasteiger partial charge in [0.25, 0.3) is 0 Å². The van der Waals surface area contributed by atoms with E-state index in [-0.39, 0.29) is 5.75 Å². The fourth-order valence-corrected chi connectivity index (χ4v) is 3.51. The topological polar surface area (TPSA) is 12.5 Å². The van der Waals surface area contributed by atoms with Crippen LogP contribution in [0, 0.1) is 17.5 Å². The Balaban J connectivity index is 1.79. The maximum Gasteiger partial charge on any atom is 0.194 e. The largest absolute Gasteiger partial charge is 0.492 e. The third-order valence-electron chi connectivity index (χ3n) is 5.12. The normalized spacial score (nSPS) is 18.1. The summed E-state index contributed by atoms with van der Waals surface area (Å²) >= 11 is 0. The second kappa shape index (κ2) is 10.7. The molecule has 2 nitrogen and oxygen atoms in total. The monoisotopic (exact) mass is 357 g/mol. The molecule has 1 aliphatic rings. The van der Waals surface area contributed by atoms with Crippen molar-refractivity contribution in [3.63, 3.8) is 0 Å². The second-order valence-corrected chi connectivity index (χ2v) is 7.09. The molecule has 0 N–H and O–H groups in total. The number of halogens is 3. The van der Waals surface area contributed by atoms with Crippen molar-refractivity contribution >= 4 is 0 Å². The van der Waals surface area contributed by atoms with E-state index in [1.165, 1.54) is 64.2 Å². The molecule has 0 spiro atoms. The summed E-state index contributed by atoms with van der Waals surface area (Å²) in [5.41, 5.74) is 0. The predicted octanol–water partition coefficient (Wildman–Crippen LogP) is 5.70. The van der Waals surface area contributed by atoms with E-state index in [1.807, 2.05) is 0 Å². The lowest BCUT2D eigenvalue weighted by molar-refractivity contribution is 0.171. The van der Waals surface area contributed by atoms with Crippen LogP contribution in [0.2, 0.25) is 0 Å². The zero-order valence-corrected chi connectivity index (χ0v) is 15.2. The van der Waals surface area contributed by atoms with E-state index in [0.29, 0.717) is 19.2 Å². The van der Waals surface area contributed by atoms with E-state index in [9.17, 15) is 13.2 Å². The molecule has 142 valence electrons. The van der Waals surface area contributed by atoms with E-state index in [4.69, 9.17) is 4.74 Å². The molecule has 0 radical (unpaired) electrons. The van der Waals surface area contributed by atoms with E-state index >= 15 is 0 Å². The van der Waals surface area contributed by atoms with Gasteiger partial charge in [-0.3, -0.25) is 0 Å². The number of ether oxygens (including phenoxy) is 1. The van der Waals surface area contributed by atoms with Crippen molar-refractivity contribution < 1.29 is 17.9 Å². The zero-order chi connectivity index (χ0) is 18.1. The highest BCUT2D eigenvalue weighted by Gasteiger charge is 2.16. The van der Waals surface area contributed by atoms with Crippen LogP contribution in [0.4, 0.5) is 13.2 Å². The summed E-state index contributed by atoms with van der Waals surface area (Å²) in [5, 5.41) is 0. The third-order valence-corrected chi connectivity index (χ3v) is 5.12. The van der Waals surface area contributed by atoms with Crippen LogP contribution in [0.15, 0.2) is 12.1 Å². The molecule has 0 aliphatic heterocycles. The summed E-state index contributed by atoms with van der Waals surface area (Å²) in [4.78, 5) is 2.29. The number of nitrogens with zero attached hydrogens (tertiary/aromatic N) is 1. The second-order valence-electron chi connectivity index (χ2n) is 7.09. The van der Waals surface area contributed by atoms with Gasteiger partial charge < -0.3 is 9.64 Å². The third kappa shape index (κ3) is 6.89. The Morgan fingerprint density at radius 2 is 1.36 bits per heavy atom. The molecule has 0 bridgehead atoms. The molecule has 0 unspecified atom stereocenters. The van der Waals surface area contributed by atoms with Crippen LogP contribution in [0.3, 0.4) is 0 Å². The first-order chi connectivity index (χ1) is 12.1. The van der Waals surface area contributed by atoms with Gasteiger partial charge in [-0.15, -0.1) is 0 Å². The quantitative estimate of drug-likeness (QED) is 0.627. The fourth-order valence-electron chi connectivity index (χ4n) is 3.51. The standard InChI is InChI=1S/C20H30F3NO/c1-24(16-10-8-6-4-2-3-5-7-9-11-16)12-13-25-17-14-18(21)20(23)19(22)15-17/h14-16H,2-13H2,1H3. The Bertz CT molecular complexity index is 489. The Hall–Kier alpha value is -1.23. The molecule has 1 fully saturated rings. The van der Waals surface area contributed by atoms with Crippen LogP contribution in [-0.4, -0.2) is 31.1 Å². The maximum atomic E-state index is 13.2. The lowest BCUT2D eigenvalue weighted by atomic mass is 10.0. The Morgan fingerprint density at radius 1 is 0.880 bits per heavy atom. The van der Waals surface area contributed by atoms with Gasteiger partial charge in [0.2, 0.25) is 0 Å². The molecule has 0 aromatic heterocycles. The van der Waals surface area contributed by atoms with Crippen molar-refractivity contribution in [3.8, 4) is 5.75 Å². The van der Waals surface area contributed by atoms with Crippen LogP contribution in [0.25, 0.3) is 0 Å². The van der Waals surface area contributed by atoms with E-state index < -0.39 is 17.5 Å². The minimum Gasteiger partial charge on any atom is -0.492 e. The van der Waals surface area contributed by atoms with Crippen LogP contribution in [0.5, 0.6) is 5.75 Å². The molecule has 0 atom stereocenters. The van der Waals surface area contributed by atoms with Crippen molar-refractivity contribution in [2.45, 2.75) is 70.3 Å². The Morgan fingerprint density at radius 3 is 1.88 bits per heavy atom. The molecule has 0 saturated heterocycles. The summed E-state index contributed by atoms with van der Waals surface area (Å²) in [6, 6.07) is 2.32. The first-order valence-electron chi connectivity index (χ1n) is 9.55. The molecule has 1 aliphatic carbocycles. The zero-order valence-electron chi connectivity index (χ0n) is 15.2. The highest BCUT2D eigenvalue weighted by molar-refractivity contribution is 5.25. The Kier molecular flexibility index (Phi) is 8.59. The van der Waals surface area contributed by atoms with Gasteiger partial charge in [-0.05, 0) is 19.9 Å². The summed E-state index contributed by atoms with van der Waals surface area (Å²) < 4.78 is 44.8. The number of rotatable bonds is 5. The number of hydrogen-bond acceptors (Lipinski definition) is 2. The molecule has 0 heterocycles. The van der Waals surface area contributed by atoms with E-state index in [2.05, 4.69) is 11.9 Å². The van der Waals surface area contributed by atoms with Crippen LogP contribution in [0.1, 0.15) is 64.2 Å². The first kappa shape index (κ1) is 20.1. The van der Waals surface area contributed by atoms with Crippen molar-refractivity contribution in [2.24, 2.45) is 0 Å². The van der Waals surface area contributed by atoms with E-state index in [1.54, 1.807) is 0 Å². The first-order valence-corrected chi connectivity index (χ1v) is 9.55. The predicted molar refractivity (Wildman–Crippen MR) is 94.4 cm³/mol. The SMILES string of the molecule is CN(CCOc1cc(F)c(F)c(F)c1)C1CCCCCCCCCC1. The molecule has 1 aromatic rings. The van der Waals surface area contributed by atoms with Crippen molar-refractivity contribution in [2.75, 3.05) is 20.2 Å². The highest BCUT2D eigenvalue weighted by Crippen LogP contribution is 2.21. The maximum absolute atomic E-state index is 13.2. The minimum atomic E-state index is -1.46. The van der Waals surface area contributed by atoms with E-state index in [0.717, 1.165) is 12.1 Å². The van der Waals surface area contributed by atoms with Gasteiger partial charge in [-0.1, -0.05) is 51.4 Å². The van der Waals surface area contributed by atoms with Crippen molar-refractivity contribution in [1.82, 2.24) is 4.90 Å². The fraction of sp³-hybridized carbons (Fsp3) is 0.700. The summed E-state index contributed by atoms with van der Waals surface area (Å²) in [5.74, 6) is -3.85. The summed E-state index contributed by atoms with van der Waals surface area (Å²) in [6.07, 6.45) is 12.9. The average Bonchev–Trinajstić information content (AvgIpc) is 2.65. The molecule has 0 amide bonds. The molecular formula is C20H30F3NO. The van der Waals surface area contributed by atoms with Crippen molar-refractivity contribution in [1.29, 1.82) is 0 Å². The molecule has 1 aromatic carbocycles. The minimum absolute atomic E-state index is 0.0345. The lowest BCUT2D eigenvalue weighted by Gasteiger charge is -2.28. The average molecular weight is 357 g/mol. The molecule has 25 heavy (non-hydrogen) atoms. The number of benzene rings is 1. The van der Waals surface area contributed by atoms with Crippen molar-refractivity contribution in [3.05, 3.63) is 29.6 Å². The van der Waals surface area contributed by atoms with Crippen LogP contribution < -0.4 is 4.74 Å². The smallest absolute Gasteiger partial charge is 0.194 e. The Labute approximate surface area is 149 Å². The highest BCUT2D eigenvalue weighted by atomic mass is 19.2. The molecular weight excluding hydrogens is 327 g/mol. The lowest BCUT2D eigenvalue weighted by Crippen LogP contribution is -2.35. The van der Waals surface area contributed by atoms with Gasteiger partial charge in [0.05, 0.1) is 0 Å². The van der Waals surface area contributed by atoms with Crippen LogP contribution >= 0.6 is 0 Å². The van der Waals surface area contributed by atoms with Gasteiger partial charge in [0.1, 0.15) is 12.4 Å². The summed E-state index contributed by atoms with van der Waals surface area (Å²) in [6.45, 7) is 1.02. The number of likely N-dealkylation sites (N-methyl/N-ethyl adjacent to an activating group) is 1. The van der Waals surface area contributed by atoms with Gasteiger partial charge in [-0.25, -0.2) is 13.2 Å². The van der Waals surface area contributed by atoms with Gasteiger partial charge in [-0.2, -0.15) is 0 Å². The number of hydrogen-bond donors (Lipinski definition) is 0. The van der Waals surface area contributed by atoms with Gasteiger partial charge in [0.15, 0.2) is 17.5 Å². The van der Waals surface area contributed by atoms with Gasteiger partial charge >= 0.3 is 0 Å². The molecule has 1 saturated carbocycles. The molecule has 5 heteroatoms. The van der Waals surface area contributed by atoms with Crippen LogP contribution in [-0.2, 0) is 0 Å². The van der Waals surface area contributed by atoms with Gasteiger partial charge in [0, 0.05) is 24.7 Å².